The molecule has 1 aromatic rings. The van der Waals surface area contributed by atoms with Crippen molar-refractivity contribution < 1.29 is 4.74 Å². The van der Waals surface area contributed by atoms with E-state index in [-0.39, 0.29) is 0 Å². The first-order valence-electron chi connectivity index (χ1n) is 8.93. The number of benzene rings is 1. The van der Waals surface area contributed by atoms with E-state index in [2.05, 4.69) is 43.9 Å². The Morgan fingerprint density at radius 3 is 2.33 bits per heavy atom. The quantitative estimate of drug-likeness (QED) is 0.318. The van der Waals surface area contributed by atoms with Crippen molar-refractivity contribution in [1.82, 2.24) is 5.32 Å². The summed E-state index contributed by atoms with van der Waals surface area (Å²) < 4.78 is 5.15. The predicted molar refractivity (Wildman–Crippen MR) is 118 cm³/mol. The number of hydrogen-bond donors (Lipinski definition) is 2. The molecule has 1 aliphatic rings. The molecule has 0 unspecified atom stereocenters. The Morgan fingerprint density at radius 2 is 1.81 bits per heavy atom. The van der Waals surface area contributed by atoms with Crippen molar-refractivity contribution >= 4 is 47.5 Å². The van der Waals surface area contributed by atoms with Crippen molar-refractivity contribution in [1.29, 1.82) is 0 Å². The summed E-state index contributed by atoms with van der Waals surface area (Å²) in [5, 5.41) is 7.02. The van der Waals surface area contributed by atoms with Crippen molar-refractivity contribution in [3.05, 3.63) is 23.2 Å². The lowest BCUT2D eigenvalue weighted by molar-refractivity contribution is 0.415. The smallest absolute Gasteiger partial charge is 0.229 e. The number of halogens is 2. The van der Waals surface area contributed by atoms with Crippen LogP contribution in [0.15, 0.2) is 33.2 Å². The molecule has 0 heterocycles. The van der Waals surface area contributed by atoms with Gasteiger partial charge in [-0.1, -0.05) is 37.3 Å². The number of nitrogens with zero attached hydrogens (tertiary/aromatic N) is 3. The van der Waals surface area contributed by atoms with Crippen LogP contribution in [0.2, 0.25) is 5.02 Å². The maximum Gasteiger partial charge on any atom is 0.229 e. The van der Waals surface area contributed by atoms with Crippen molar-refractivity contribution in [2.75, 3.05) is 25.9 Å². The standard InChI is InChI=1S/C18H26ClN5O.CH3Cl/c1-20-17(22-13-8-6-4-5-7-9-13)24-18(21-2)23-14-10-11-16(25-3)15(19)12-14;1-2/h10-13H,2,4-9H2,1,3H3,(H2,20,22,23,24);1H3. The minimum absolute atomic E-state index is 0.364. The summed E-state index contributed by atoms with van der Waals surface area (Å²) in [6, 6.07) is 5.78. The minimum atomic E-state index is 0.364. The van der Waals surface area contributed by atoms with Gasteiger partial charge < -0.3 is 15.4 Å². The zero-order chi connectivity index (χ0) is 20.1. The number of anilines is 1. The number of aliphatic imine (C=N–C) groups is 3. The Bertz CT molecular complexity index is 641. The molecular weight excluding hydrogens is 385 g/mol. The van der Waals surface area contributed by atoms with Crippen molar-refractivity contribution in [2.45, 2.75) is 44.6 Å². The summed E-state index contributed by atoms with van der Waals surface area (Å²) in [6.07, 6.45) is 8.86. The highest BCUT2D eigenvalue weighted by atomic mass is 35.5. The van der Waals surface area contributed by atoms with Crippen molar-refractivity contribution in [2.24, 2.45) is 15.0 Å². The van der Waals surface area contributed by atoms with E-state index >= 15 is 0 Å². The van der Waals surface area contributed by atoms with Gasteiger partial charge in [0.05, 0.1) is 12.1 Å². The molecule has 1 saturated carbocycles. The van der Waals surface area contributed by atoms with E-state index in [1.54, 1.807) is 26.3 Å². The summed E-state index contributed by atoms with van der Waals surface area (Å²) in [5.74, 6) is 1.53. The van der Waals surface area contributed by atoms with Gasteiger partial charge in [-0.25, -0.2) is 4.99 Å². The van der Waals surface area contributed by atoms with E-state index < -0.39 is 0 Å². The fourth-order valence-corrected chi connectivity index (χ4v) is 3.09. The maximum atomic E-state index is 6.15. The Morgan fingerprint density at radius 1 is 1.15 bits per heavy atom. The summed E-state index contributed by atoms with van der Waals surface area (Å²) in [7, 11) is 3.29. The number of hydrogen-bond acceptors (Lipinski definition) is 2. The number of methoxy groups -OCH3 is 1. The van der Waals surface area contributed by atoms with Gasteiger partial charge in [0.25, 0.3) is 0 Å². The lowest BCUT2D eigenvalue weighted by atomic mass is 10.1. The predicted octanol–water partition coefficient (Wildman–Crippen LogP) is 4.97. The van der Waals surface area contributed by atoms with E-state index in [0.717, 1.165) is 18.5 Å². The van der Waals surface area contributed by atoms with Crippen LogP contribution in [0, 0.1) is 0 Å². The average molecular weight is 414 g/mol. The van der Waals surface area contributed by atoms with Crippen LogP contribution in [0.3, 0.4) is 0 Å². The molecule has 0 atom stereocenters. The van der Waals surface area contributed by atoms with Crippen LogP contribution in [0.1, 0.15) is 38.5 Å². The van der Waals surface area contributed by atoms with Gasteiger partial charge in [0.15, 0.2) is 0 Å². The molecule has 0 aromatic heterocycles. The highest BCUT2D eigenvalue weighted by molar-refractivity contribution is 6.32. The van der Waals surface area contributed by atoms with Crippen LogP contribution < -0.4 is 15.4 Å². The number of alkyl halides is 1. The summed E-state index contributed by atoms with van der Waals surface area (Å²) in [4.78, 5) is 12.6. The highest BCUT2D eigenvalue weighted by Crippen LogP contribution is 2.27. The normalized spacial score (nSPS) is 15.9. The van der Waals surface area contributed by atoms with Gasteiger partial charge in [0, 0.05) is 25.2 Å². The molecule has 0 spiro atoms. The second-order valence-corrected chi connectivity index (χ2v) is 6.36. The molecular formula is C19H29Cl2N5O. The van der Waals surface area contributed by atoms with Gasteiger partial charge in [-0.05, 0) is 37.8 Å². The Balaban J connectivity index is 0.00000176. The van der Waals surface area contributed by atoms with Crippen LogP contribution in [-0.2, 0) is 0 Å². The summed E-state index contributed by atoms with van der Waals surface area (Å²) >= 11 is 10.8. The topological polar surface area (TPSA) is 70.4 Å². The van der Waals surface area contributed by atoms with Gasteiger partial charge in [0.2, 0.25) is 11.9 Å². The molecule has 6 nitrogen and oxygen atoms in total. The lowest BCUT2D eigenvalue weighted by Crippen LogP contribution is -2.34. The van der Waals surface area contributed by atoms with Gasteiger partial charge in [-0.2, -0.15) is 4.99 Å². The van der Waals surface area contributed by atoms with Crippen LogP contribution >= 0.6 is 23.2 Å². The number of guanidine groups is 2. The first-order chi connectivity index (χ1) is 13.2. The molecule has 0 saturated heterocycles. The molecule has 0 amide bonds. The van der Waals surface area contributed by atoms with Gasteiger partial charge in [0.1, 0.15) is 5.75 Å². The third-order valence-corrected chi connectivity index (χ3v) is 4.47. The van der Waals surface area contributed by atoms with E-state index in [4.69, 9.17) is 16.3 Å². The largest absolute Gasteiger partial charge is 0.495 e. The Kier molecular flexibility index (Phi) is 11.5. The molecule has 0 radical (unpaired) electrons. The second-order valence-electron chi connectivity index (χ2n) is 5.95. The molecule has 2 rings (SSSR count). The summed E-state index contributed by atoms with van der Waals surface area (Å²) in [6.45, 7) is 3.58. The van der Waals surface area contributed by atoms with Gasteiger partial charge in [-0.3, -0.25) is 4.99 Å². The minimum Gasteiger partial charge on any atom is -0.495 e. The molecule has 8 heteroatoms. The van der Waals surface area contributed by atoms with Crippen molar-refractivity contribution in [3.63, 3.8) is 0 Å². The van der Waals surface area contributed by atoms with Gasteiger partial charge >= 0.3 is 0 Å². The SMILES string of the molecule is C=N/C(=N\C(=NC)NC1CCCCCC1)Nc1ccc(OC)c(Cl)c1.CCl. The maximum absolute atomic E-state index is 6.15. The third-order valence-electron chi connectivity index (χ3n) is 4.17. The van der Waals surface area contributed by atoms with Crippen LogP contribution in [0.25, 0.3) is 0 Å². The van der Waals surface area contributed by atoms with Crippen LogP contribution in [0.5, 0.6) is 5.75 Å². The molecule has 2 N–H and O–H groups in total. The highest BCUT2D eigenvalue weighted by Gasteiger charge is 2.13. The molecule has 1 aliphatic carbocycles. The van der Waals surface area contributed by atoms with Crippen molar-refractivity contribution in [3.8, 4) is 5.75 Å². The molecule has 0 aliphatic heterocycles. The zero-order valence-corrected chi connectivity index (χ0v) is 17.8. The first kappa shape index (κ1) is 23.2. The third kappa shape index (κ3) is 8.18. The zero-order valence-electron chi connectivity index (χ0n) is 16.3. The fraction of sp³-hybridized carbons (Fsp3) is 0.526. The molecule has 1 fully saturated rings. The van der Waals surface area contributed by atoms with Crippen LogP contribution in [-0.4, -0.2) is 45.2 Å². The lowest BCUT2D eigenvalue weighted by Gasteiger charge is -2.17. The van der Waals surface area contributed by atoms with Gasteiger partial charge in [-0.15, -0.1) is 11.6 Å². The number of rotatable bonds is 3. The molecule has 150 valence electrons. The Labute approximate surface area is 172 Å². The van der Waals surface area contributed by atoms with E-state index in [0.29, 0.717) is 28.7 Å². The Hall–Kier alpha value is -1.79. The fourth-order valence-electron chi connectivity index (χ4n) is 2.83. The second kappa shape index (κ2) is 13.4. The van der Waals surface area contributed by atoms with E-state index in [1.807, 2.05) is 6.07 Å². The first-order valence-corrected chi connectivity index (χ1v) is 10.1. The van der Waals surface area contributed by atoms with E-state index in [9.17, 15) is 0 Å². The number of nitrogens with one attached hydrogen (secondary N) is 2. The molecule has 0 bridgehead atoms. The van der Waals surface area contributed by atoms with E-state index in [1.165, 1.54) is 32.1 Å². The average Bonchev–Trinajstić information content (AvgIpc) is 2.97. The molecule has 1 aromatic carbocycles. The summed E-state index contributed by atoms with van der Waals surface area (Å²) in [5.41, 5.74) is 0.752. The molecule has 27 heavy (non-hydrogen) atoms. The number of ether oxygens (including phenoxy) is 1. The van der Waals surface area contributed by atoms with Crippen LogP contribution in [0.4, 0.5) is 5.69 Å². The monoisotopic (exact) mass is 413 g/mol.